The molecule has 0 radical (unpaired) electrons. The summed E-state index contributed by atoms with van der Waals surface area (Å²) in [4.78, 5) is 16.3. The lowest BCUT2D eigenvalue weighted by Gasteiger charge is -2.08. The van der Waals surface area contributed by atoms with E-state index in [-0.39, 0.29) is 5.91 Å². The number of carbonyl (C=O) groups is 1. The van der Waals surface area contributed by atoms with Crippen molar-refractivity contribution >= 4 is 28.3 Å². The van der Waals surface area contributed by atoms with Crippen LogP contribution in [0.2, 0.25) is 5.15 Å². The molecule has 0 unspecified atom stereocenters. The topological polar surface area (TPSA) is 42.0 Å². The number of amides is 1. The molecule has 1 aromatic heterocycles. The molecule has 3 nitrogen and oxygen atoms in total. The molecule has 1 amide bonds. The van der Waals surface area contributed by atoms with Gasteiger partial charge in [-0.1, -0.05) is 54.1 Å². The molecule has 1 heterocycles. The molecule has 0 saturated carbocycles. The number of fused-ring (bicyclic) bond motifs is 1. The van der Waals surface area contributed by atoms with Gasteiger partial charge in [0.25, 0.3) is 5.91 Å². The van der Waals surface area contributed by atoms with Gasteiger partial charge in [0.1, 0.15) is 5.15 Å². The zero-order valence-corrected chi connectivity index (χ0v) is 12.0. The predicted molar refractivity (Wildman–Crippen MR) is 84.4 cm³/mol. The Labute approximate surface area is 127 Å². The molecule has 4 heteroatoms. The first kappa shape index (κ1) is 13.6. The molecule has 0 saturated heterocycles. The average molecular weight is 297 g/mol. The Morgan fingerprint density at radius 3 is 2.67 bits per heavy atom. The van der Waals surface area contributed by atoms with Gasteiger partial charge in [0.2, 0.25) is 0 Å². The zero-order chi connectivity index (χ0) is 14.7. The van der Waals surface area contributed by atoms with Crippen LogP contribution in [0.5, 0.6) is 0 Å². The van der Waals surface area contributed by atoms with E-state index in [0.29, 0.717) is 17.3 Å². The summed E-state index contributed by atoms with van der Waals surface area (Å²) >= 11 is 5.74. The quantitative estimate of drug-likeness (QED) is 0.747. The van der Waals surface area contributed by atoms with E-state index in [9.17, 15) is 4.79 Å². The highest BCUT2D eigenvalue weighted by atomic mass is 35.5. The third kappa shape index (κ3) is 3.03. The summed E-state index contributed by atoms with van der Waals surface area (Å²) in [6.07, 6.45) is 1.66. The monoisotopic (exact) mass is 296 g/mol. The number of hydrogen-bond donors (Lipinski definition) is 1. The van der Waals surface area contributed by atoms with Gasteiger partial charge in [-0.05, 0) is 28.5 Å². The fourth-order valence-corrected chi connectivity index (χ4v) is 2.32. The molecular weight excluding hydrogens is 284 g/mol. The fourth-order valence-electron chi connectivity index (χ4n) is 2.21. The summed E-state index contributed by atoms with van der Waals surface area (Å²) in [6, 6.07) is 17.1. The number of aromatic nitrogens is 1. The van der Waals surface area contributed by atoms with Crippen LogP contribution in [-0.2, 0) is 6.54 Å². The van der Waals surface area contributed by atoms with Gasteiger partial charge in [-0.2, -0.15) is 0 Å². The van der Waals surface area contributed by atoms with E-state index in [1.54, 1.807) is 12.3 Å². The third-order valence-corrected chi connectivity index (χ3v) is 3.50. The van der Waals surface area contributed by atoms with E-state index < -0.39 is 0 Å². The zero-order valence-electron chi connectivity index (χ0n) is 11.2. The first-order chi connectivity index (χ1) is 10.2. The molecule has 0 aliphatic rings. The molecule has 0 aliphatic carbocycles. The van der Waals surface area contributed by atoms with Crippen molar-refractivity contribution in [2.24, 2.45) is 0 Å². The number of benzene rings is 2. The highest BCUT2D eigenvalue weighted by molar-refractivity contribution is 6.29. The lowest BCUT2D eigenvalue weighted by atomic mass is 10.0. The summed E-state index contributed by atoms with van der Waals surface area (Å²) in [6.45, 7) is 0.423. The minimum atomic E-state index is -0.0956. The molecule has 0 atom stereocenters. The van der Waals surface area contributed by atoms with Crippen LogP contribution in [0.15, 0.2) is 60.8 Å². The van der Waals surface area contributed by atoms with Gasteiger partial charge in [-0.15, -0.1) is 0 Å². The van der Waals surface area contributed by atoms with Crippen LogP contribution < -0.4 is 5.32 Å². The molecule has 0 bridgehead atoms. The normalized spacial score (nSPS) is 10.5. The maximum Gasteiger partial charge on any atom is 0.252 e. The molecule has 104 valence electrons. The fraction of sp³-hybridized carbons (Fsp3) is 0.0588. The van der Waals surface area contributed by atoms with Crippen molar-refractivity contribution in [3.05, 3.63) is 77.1 Å². The number of hydrogen-bond acceptors (Lipinski definition) is 2. The van der Waals surface area contributed by atoms with Gasteiger partial charge in [-0.25, -0.2) is 4.98 Å². The van der Waals surface area contributed by atoms with Crippen molar-refractivity contribution in [3.63, 3.8) is 0 Å². The van der Waals surface area contributed by atoms with Crippen LogP contribution in [0.4, 0.5) is 0 Å². The minimum absolute atomic E-state index is 0.0956. The van der Waals surface area contributed by atoms with E-state index in [4.69, 9.17) is 11.6 Å². The van der Waals surface area contributed by atoms with Crippen LogP contribution >= 0.6 is 11.6 Å². The maximum atomic E-state index is 12.3. The SMILES string of the molecule is O=C(NCc1ccc(Cl)nc1)c1cccc2ccccc12. The van der Waals surface area contributed by atoms with Gasteiger partial charge < -0.3 is 5.32 Å². The predicted octanol–water partition coefficient (Wildman–Crippen LogP) is 3.82. The van der Waals surface area contributed by atoms with E-state index in [0.717, 1.165) is 16.3 Å². The van der Waals surface area contributed by atoms with Crippen molar-refractivity contribution in [2.75, 3.05) is 0 Å². The van der Waals surface area contributed by atoms with Crippen LogP contribution in [0.1, 0.15) is 15.9 Å². The minimum Gasteiger partial charge on any atom is -0.348 e. The summed E-state index contributed by atoms with van der Waals surface area (Å²) < 4.78 is 0. The molecule has 21 heavy (non-hydrogen) atoms. The highest BCUT2D eigenvalue weighted by Crippen LogP contribution is 2.18. The van der Waals surface area contributed by atoms with Gasteiger partial charge in [0.05, 0.1) is 0 Å². The number of halogens is 1. The molecule has 0 spiro atoms. The summed E-state index contributed by atoms with van der Waals surface area (Å²) in [5, 5.41) is 5.35. The third-order valence-electron chi connectivity index (χ3n) is 3.28. The number of rotatable bonds is 3. The Bertz CT molecular complexity index is 779. The van der Waals surface area contributed by atoms with E-state index in [1.807, 2.05) is 48.5 Å². The first-order valence-electron chi connectivity index (χ1n) is 6.60. The Morgan fingerprint density at radius 2 is 1.86 bits per heavy atom. The van der Waals surface area contributed by atoms with E-state index >= 15 is 0 Å². The molecule has 0 aliphatic heterocycles. The molecule has 1 N–H and O–H groups in total. The maximum absolute atomic E-state index is 12.3. The average Bonchev–Trinajstić information content (AvgIpc) is 2.53. The smallest absolute Gasteiger partial charge is 0.252 e. The van der Waals surface area contributed by atoms with Crippen LogP contribution in [0, 0.1) is 0 Å². The van der Waals surface area contributed by atoms with Crippen LogP contribution in [0.3, 0.4) is 0 Å². The molecule has 0 fully saturated rings. The van der Waals surface area contributed by atoms with Crippen LogP contribution in [0.25, 0.3) is 10.8 Å². The van der Waals surface area contributed by atoms with Crippen molar-refractivity contribution in [1.29, 1.82) is 0 Å². The number of pyridine rings is 1. The van der Waals surface area contributed by atoms with Crippen LogP contribution in [-0.4, -0.2) is 10.9 Å². The lowest BCUT2D eigenvalue weighted by molar-refractivity contribution is 0.0952. The molecule has 3 aromatic rings. The standard InChI is InChI=1S/C17H13ClN2O/c18-16-9-8-12(10-19-16)11-20-17(21)15-7-3-5-13-4-1-2-6-14(13)15/h1-10H,11H2,(H,20,21). The Hall–Kier alpha value is -2.39. The molecule has 3 rings (SSSR count). The Kier molecular flexibility index (Phi) is 3.84. The first-order valence-corrected chi connectivity index (χ1v) is 6.98. The Morgan fingerprint density at radius 1 is 1.05 bits per heavy atom. The summed E-state index contributed by atoms with van der Waals surface area (Å²) in [5.74, 6) is -0.0956. The van der Waals surface area contributed by atoms with Crippen molar-refractivity contribution < 1.29 is 4.79 Å². The molecular formula is C17H13ClN2O. The Balaban J connectivity index is 1.79. The van der Waals surface area contributed by atoms with E-state index in [2.05, 4.69) is 10.3 Å². The second-order valence-corrected chi connectivity index (χ2v) is 5.09. The summed E-state index contributed by atoms with van der Waals surface area (Å²) in [7, 11) is 0. The largest absolute Gasteiger partial charge is 0.348 e. The van der Waals surface area contributed by atoms with Gasteiger partial charge >= 0.3 is 0 Å². The number of nitrogens with zero attached hydrogens (tertiary/aromatic N) is 1. The lowest BCUT2D eigenvalue weighted by Crippen LogP contribution is -2.23. The van der Waals surface area contributed by atoms with E-state index in [1.165, 1.54) is 0 Å². The molecule has 2 aromatic carbocycles. The second-order valence-electron chi connectivity index (χ2n) is 4.70. The van der Waals surface area contributed by atoms with Crippen molar-refractivity contribution in [1.82, 2.24) is 10.3 Å². The van der Waals surface area contributed by atoms with Gasteiger partial charge in [0.15, 0.2) is 0 Å². The van der Waals surface area contributed by atoms with Gasteiger partial charge in [0, 0.05) is 18.3 Å². The summed E-state index contributed by atoms with van der Waals surface area (Å²) in [5.41, 5.74) is 1.59. The number of carbonyl (C=O) groups excluding carboxylic acids is 1. The second kappa shape index (κ2) is 5.94. The number of nitrogens with one attached hydrogen (secondary N) is 1. The van der Waals surface area contributed by atoms with Crippen molar-refractivity contribution in [2.45, 2.75) is 6.54 Å². The van der Waals surface area contributed by atoms with Gasteiger partial charge in [-0.3, -0.25) is 4.79 Å². The highest BCUT2D eigenvalue weighted by Gasteiger charge is 2.09. The van der Waals surface area contributed by atoms with Crippen molar-refractivity contribution in [3.8, 4) is 0 Å².